The number of benzene rings is 1. The summed E-state index contributed by atoms with van der Waals surface area (Å²) in [5.74, 6) is 1.39. The Balaban J connectivity index is 1.75. The topological polar surface area (TPSA) is 89.2 Å². The fourth-order valence-corrected chi connectivity index (χ4v) is 4.40. The first-order valence-corrected chi connectivity index (χ1v) is 9.29. The summed E-state index contributed by atoms with van der Waals surface area (Å²) in [6, 6.07) is 3.26. The Labute approximate surface area is 152 Å². The van der Waals surface area contributed by atoms with E-state index in [0.717, 1.165) is 31.5 Å². The molecule has 8 nitrogen and oxygen atoms in total. The molecular weight excluding hydrogens is 336 g/mol. The molecule has 1 aromatic rings. The summed E-state index contributed by atoms with van der Waals surface area (Å²) in [6.45, 7) is 6.65. The van der Waals surface area contributed by atoms with Gasteiger partial charge in [0, 0.05) is 23.6 Å². The number of fused-ring (bicyclic) bond motifs is 2. The molecule has 4 aliphatic rings. The van der Waals surface area contributed by atoms with Crippen LogP contribution in [0.1, 0.15) is 38.3 Å². The molecule has 0 saturated carbocycles. The number of hydrogen-bond acceptors (Lipinski definition) is 7. The molecule has 1 N–H and O–H groups in total. The minimum atomic E-state index is -0.395. The van der Waals surface area contributed by atoms with Crippen LogP contribution in [0.3, 0.4) is 0 Å². The summed E-state index contributed by atoms with van der Waals surface area (Å²) >= 11 is 0. The fourth-order valence-electron chi connectivity index (χ4n) is 4.40. The van der Waals surface area contributed by atoms with Gasteiger partial charge in [-0.05, 0) is 39.8 Å². The van der Waals surface area contributed by atoms with Crippen molar-refractivity contribution in [2.45, 2.75) is 38.8 Å². The van der Waals surface area contributed by atoms with E-state index in [-0.39, 0.29) is 23.5 Å². The Morgan fingerprint density at radius 3 is 2.58 bits per heavy atom. The maximum absolute atomic E-state index is 11.6. The van der Waals surface area contributed by atoms with Crippen molar-refractivity contribution in [3.8, 4) is 11.5 Å². The lowest BCUT2D eigenvalue weighted by Gasteiger charge is -2.45. The van der Waals surface area contributed by atoms with Gasteiger partial charge in [-0.25, -0.2) is 0 Å². The van der Waals surface area contributed by atoms with Crippen LogP contribution in [0.25, 0.3) is 0 Å². The first-order valence-electron chi connectivity index (χ1n) is 9.29. The van der Waals surface area contributed by atoms with Gasteiger partial charge in [0.15, 0.2) is 0 Å². The van der Waals surface area contributed by atoms with Gasteiger partial charge in [-0.1, -0.05) is 0 Å². The van der Waals surface area contributed by atoms with Gasteiger partial charge in [0.05, 0.1) is 35.9 Å². The van der Waals surface area contributed by atoms with E-state index in [1.807, 2.05) is 13.8 Å². The largest absolute Gasteiger partial charge is 0.493 e. The summed E-state index contributed by atoms with van der Waals surface area (Å²) in [5.41, 5.74) is 5.17. The number of nitrogens with zero attached hydrogens (tertiary/aromatic N) is 3. The molecule has 3 saturated heterocycles. The number of nitro groups is 1. The molecule has 4 aliphatic heterocycles. The van der Waals surface area contributed by atoms with E-state index in [9.17, 15) is 10.1 Å². The van der Waals surface area contributed by atoms with Gasteiger partial charge in [0.1, 0.15) is 5.75 Å². The van der Waals surface area contributed by atoms with E-state index >= 15 is 0 Å². The van der Waals surface area contributed by atoms with Gasteiger partial charge in [-0.15, -0.1) is 0 Å². The molecule has 3 fully saturated rings. The number of nitro benzene ring substituents is 1. The van der Waals surface area contributed by atoms with Gasteiger partial charge < -0.3 is 14.9 Å². The van der Waals surface area contributed by atoms with Crippen molar-refractivity contribution in [3.63, 3.8) is 0 Å². The molecule has 5 rings (SSSR count). The van der Waals surface area contributed by atoms with Gasteiger partial charge in [-0.2, -0.15) is 5.10 Å². The van der Waals surface area contributed by atoms with Crippen LogP contribution in [0.4, 0.5) is 5.69 Å². The molecule has 1 aromatic carbocycles. The third-order valence-corrected chi connectivity index (χ3v) is 5.52. The molecule has 0 amide bonds. The Morgan fingerprint density at radius 2 is 1.92 bits per heavy atom. The van der Waals surface area contributed by atoms with Crippen molar-refractivity contribution in [2.24, 2.45) is 11.0 Å². The lowest BCUT2D eigenvalue weighted by atomic mass is 9.78. The first kappa shape index (κ1) is 17.1. The first-order chi connectivity index (χ1) is 12.6. The number of rotatable bonds is 6. The average Bonchev–Trinajstić information content (AvgIpc) is 3.10. The van der Waals surface area contributed by atoms with Crippen LogP contribution in [0.15, 0.2) is 17.2 Å². The molecule has 8 heteroatoms. The Kier molecular flexibility index (Phi) is 4.44. The van der Waals surface area contributed by atoms with Gasteiger partial charge in [-0.3, -0.25) is 15.0 Å². The third-order valence-electron chi connectivity index (χ3n) is 5.52. The number of piperidine rings is 3. The second kappa shape index (κ2) is 6.75. The van der Waals surface area contributed by atoms with E-state index in [4.69, 9.17) is 9.47 Å². The van der Waals surface area contributed by atoms with Crippen LogP contribution in [0, 0.1) is 16.0 Å². The Hall–Kier alpha value is -2.35. The van der Waals surface area contributed by atoms with Gasteiger partial charge in [0.25, 0.3) is 0 Å². The molecular formula is C18H24N4O4. The normalized spacial score (nSPS) is 28.9. The minimum absolute atomic E-state index is 0.0310. The van der Waals surface area contributed by atoms with E-state index in [1.54, 1.807) is 12.1 Å². The molecule has 0 radical (unpaired) electrons. The second-order valence-corrected chi connectivity index (χ2v) is 6.88. The summed E-state index contributed by atoms with van der Waals surface area (Å²) in [7, 11) is 0. The number of nitrogens with one attached hydrogen (secondary N) is 1. The molecule has 0 aliphatic carbocycles. The van der Waals surface area contributed by atoms with Crippen molar-refractivity contribution >= 4 is 11.4 Å². The van der Waals surface area contributed by atoms with E-state index in [2.05, 4.69) is 15.4 Å². The predicted octanol–water partition coefficient (Wildman–Crippen LogP) is 2.49. The smallest absolute Gasteiger partial charge is 0.311 e. The third kappa shape index (κ3) is 2.68. The second-order valence-electron chi connectivity index (χ2n) is 6.88. The molecule has 0 aromatic heterocycles. The molecule has 0 spiro atoms. The molecule has 2 atom stereocenters. The van der Waals surface area contributed by atoms with Crippen LogP contribution in [-0.2, 0) is 0 Å². The maximum Gasteiger partial charge on any atom is 0.311 e. The highest BCUT2D eigenvalue weighted by atomic mass is 16.6. The highest BCUT2D eigenvalue weighted by Gasteiger charge is 2.47. The molecule has 2 unspecified atom stereocenters. The SMILES string of the molecule is CCOc1cc(OCC)c([N+](=O)[O-])cc1C1NN=C2C3CCN(CC3)C21. The van der Waals surface area contributed by atoms with Crippen molar-refractivity contribution in [1.29, 1.82) is 0 Å². The standard InChI is InChI=1S/C18H24N4O4/c1-3-25-14-10-15(26-4-2)13(22(23)24)9-12(14)17-18-16(19-20-17)11-5-7-21(18)8-6-11/h9-11,17-18,20H,3-8H2,1-2H3. The Morgan fingerprint density at radius 1 is 1.23 bits per heavy atom. The zero-order valence-electron chi connectivity index (χ0n) is 15.1. The minimum Gasteiger partial charge on any atom is -0.493 e. The average molecular weight is 360 g/mol. The van der Waals surface area contributed by atoms with Crippen molar-refractivity contribution in [2.75, 3.05) is 26.3 Å². The number of hydrogen-bond donors (Lipinski definition) is 1. The van der Waals surface area contributed by atoms with Crippen LogP contribution >= 0.6 is 0 Å². The zero-order chi connectivity index (χ0) is 18.3. The molecule has 4 heterocycles. The van der Waals surface area contributed by atoms with Gasteiger partial charge >= 0.3 is 5.69 Å². The van der Waals surface area contributed by atoms with Crippen molar-refractivity contribution < 1.29 is 14.4 Å². The zero-order valence-corrected chi connectivity index (χ0v) is 15.1. The van der Waals surface area contributed by atoms with Crippen LogP contribution < -0.4 is 14.9 Å². The Bertz CT molecular complexity index is 743. The molecule has 2 bridgehead atoms. The monoisotopic (exact) mass is 360 g/mol. The van der Waals surface area contributed by atoms with Crippen LogP contribution in [-0.4, -0.2) is 47.9 Å². The molecule has 140 valence electrons. The highest BCUT2D eigenvalue weighted by molar-refractivity contribution is 5.95. The van der Waals surface area contributed by atoms with E-state index in [1.165, 1.54) is 5.71 Å². The van der Waals surface area contributed by atoms with Crippen molar-refractivity contribution in [1.82, 2.24) is 10.3 Å². The summed E-state index contributed by atoms with van der Waals surface area (Å²) in [5, 5.41) is 16.2. The lowest BCUT2D eigenvalue weighted by Crippen LogP contribution is -2.56. The quantitative estimate of drug-likeness (QED) is 0.619. The van der Waals surface area contributed by atoms with E-state index < -0.39 is 4.92 Å². The summed E-state index contributed by atoms with van der Waals surface area (Å²) in [4.78, 5) is 13.6. The summed E-state index contributed by atoms with van der Waals surface area (Å²) < 4.78 is 11.3. The highest BCUT2D eigenvalue weighted by Crippen LogP contribution is 2.44. The van der Waals surface area contributed by atoms with Crippen LogP contribution in [0.2, 0.25) is 0 Å². The molecule has 26 heavy (non-hydrogen) atoms. The fraction of sp³-hybridized carbons (Fsp3) is 0.611. The van der Waals surface area contributed by atoms with Gasteiger partial charge in [0.2, 0.25) is 5.75 Å². The van der Waals surface area contributed by atoms with Crippen LogP contribution in [0.5, 0.6) is 11.5 Å². The summed E-state index contributed by atoms with van der Waals surface area (Å²) in [6.07, 6.45) is 2.29. The predicted molar refractivity (Wildman–Crippen MR) is 96.8 cm³/mol. The van der Waals surface area contributed by atoms with Crippen molar-refractivity contribution in [3.05, 3.63) is 27.8 Å². The lowest BCUT2D eigenvalue weighted by molar-refractivity contribution is -0.386. The van der Waals surface area contributed by atoms with E-state index in [0.29, 0.717) is 24.9 Å². The number of ether oxygens (including phenoxy) is 2. The number of hydrazone groups is 1. The maximum atomic E-state index is 11.6.